The summed E-state index contributed by atoms with van der Waals surface area (Å²) in [6.07, 6.45) is 0. The Hall–Kier alpha value is -7.40. The average molecular weight is 701 g/mol. The van der Waals surface area contributed by atoms with Crippen LogP contribution in [0, 0.1) is 22.7 Å². The minimum absolute atomic E-state index is 0.221. The molecule has 4 heteroatoms. The van der Waals surface area contributed by atoms with Crippen molar-refractivity contribution in [2.24, 2.45) is 0 Å². The molecule has 0 saturated carbocycles. The Kier molecular flexibility index (Phi) is 6.40. The number of benzene rings is 8. The van der Waals surface area contributed by atoms with Crippen LogP contribution < -0.4 is 0 Å². The van der Waals surface area contributed by atoms with Crippen LogP contribution in [-0.4, -0.2) is 9.13 Å². The van der Waals surface area contributed by atoms with Gasteiger partial charge in [0.25, 0.3) is 0 Å². The molecule has 0 saturated heterocycles. The lowest BCUT2D eigenvalue weighted by atomic mass is 9.80. The van der Waals surface area contributed by atoms with Crippen LogP contribution in [0.25, 0.3) is 88.0 Å². The molecule has 0 N–H and O–H groups in total. The van der Waals surface area contributed by atoms with Crippen LogP contribution >= 0.6 is 0 Å². The Morgan fingerprint density at radius 3 is 1.82 bits per heavy atom. The summed E-state index contributed by atoms with van der Waals surface area (Å²) in [5, 5.41) is 28.8. The first kappa shape index (κ1) is 31.2. The summed E-state index contributed by atoms with van der Waals surface area (Å²) in [5.74, 6) is 0. The molecule has 2 heterocycles. The summed E-state index contributed by atoms with van der Waals surface area (Å²) in [6, 6.07) is 60.3. The number of rotatable bonds is 3. The van der Waals surface area contributed by atoms with Gasteiger partial charge in [-0.05, 0) is 86.6 Å². The van der Waals surface area contributed by atoms with Crippen LogP contribution in [-0.2, 0) is 5.41 Å². The second-order valence-electron chi connectivity index (χ2n) is 15.1. The molecule has 0 bridgehead atoms. The largest absolute Gasteiger partial charge is 0.308 e. The van der Waals surface area contributed by atoms with Crippen LogP contribution in [0.4, 0.5) is 0 Å². The number of hydrogen-bond donors (Lipinski definition) is 0. The lowest BCUT2D eigenvalue weighted by molar-refractivity contribution is 0.666. The molecule has 2 aromatic heterocycles. The maximum atomic E-state index is 11.0. The summed E-state index contributed by atoms with van der Waals surface area (Å²) in [6.45, 7) is 4.62. The molecule has 256 valence electrons. The molecule has 1 aliphatic rings. The molecule has 0 spiro atoms. The van der Waals surface area contributed by atoms with Gasteiger partial charge in [-0.25, -0.2) is 0 Å². The SMILES string of the molecule is CC1(C)c2ccccc2-c2ccc3c(c21)c1ccccc1n3-c1cc(C#N)c(-n2c3ccc(-c4ccccc4)cc3c3c4ccccc4ccc32)cc1C#N. The fourth-order valence-corrected chi connectivity index (χ4v) is 9.58. The Bertz CT molecular complexity index is 3360. The summed E-state index contributed by atoms with van der Waals surface area (Å²) in [4.78, 5) is 0. The summed E-state index contributed by atoms with van der Waals surface area (Å²) in [5.41, 5.74) is 13.5. The zero-order valence-corrected chi connectivity index (χ0v) is 30.3. The third-order valence-corrected chi connectivity index (χ3v) is 12.0. The van der Waals surface area contributed by atoms with E-state index in [1.165, 1.54) is 27.6 Å². The molecule has 0 atom stereocenters. The Labute approximate surface area is 318 Å². The van der Waals surface area contributed by atoms with Crippen LogP contribution in [0.2, 0.25) is 0 Å². The van der Waals surface area contributed by atoms with Crippen molar-refractivity contribution >= 4 is 54.4 Å². The van der Waals surface area contributed by atoms with Gasteiger partial charge < -0.3 is 9.13 Å². The molecule has 0 unspecified atom stereocenters. The maximum absolute atomic E-state index is 11.0. The smallest absolute Gasteiger partial charge is 0.101 e. The first-order valence-corrected chi connectivity index (χ1v) is 18.6. The highest BCUT2D eigenvalue weighted by Gasteiger charge is 2.38. The topological polar surface area (TPSA) is 57.4 Å². The van der Waals surface area contributed by atoms with E-state index in [2.05, 4.69) is 175 Å². The second-order valence-corrected chi connectivity index (χ2v) is 15.1. The molecule has 0 fully saturated rings. The zero-order valence-electron chi connectivity index (χ0n) is 30.3. The summed E-state index contributed by atoms with van der Waals surface area (Å²) < 4.78 is 4.37. The van der Waals surface area contributed by atoms with Crippen LogP contribution in [0.1, 0.15) is 36.1 Å². The predicted molar refractivity (Wildman–Crippen MR) is 225 cm³/mol. The fourth-order valence-electron chi connectivity index (χ4n) is 9.58. The molecule has 4 nitrogen and oxygen atoms in total. The van der Waals surface area contributed by atoms with Crippen molar-refractivity contribution in [3.8, 4) is 45.8 Å². The van der Waals surface area contributed by atoms with Crippen molar-refractivity contribution in [3.63, 3.8) is 0 Å². The molecule has 55 heavy (non-hydrogen) atoms. The Balaban J connectivity index is 1.20. The molecular formula is C51H32N4. The van der Waals surface area contributed by atoms with E-state index in [-0.39, 0.29) is 5.41 Å². The predicted octanol–water partition coefficient (Wildman–Crippen LogP) is 12.8. The van der Waals surface area contributed by atoms with Crippen molar-refractivity contribution in [3.05, 3.63) is 180 Å². The first-order chi connectivity index (χ1) is 27.0. The second kappa shape index (κ2) is 11.3. The number of hydrogen-bond acceptors (Lipinski definition) is 2. The van der Waals surface area contributed by atoms with E-state index >= 15 is 0 Å². The van der Waals surface area contributed by atoms with E-state index in [1.54, 1.807) is 0 Å². The normalized spacial score (nSPS) is 13.0. The van der Waals surface area contributed by atoms with Crippen LogP contribution in [0.3, 0.4) is 0 Å². The van der Waals surface area contributed by atoms with Gasteiger partial charge in [0.1, 0.15) is 12.1 Å². The van der Waals surface area contributed by atoms with E-state index in [4.69, 9.17) is 0 Å². The van der Waals surface area contributed by atoms with Gasteiger partial charge >= 0.3 is 0 Å². The number of fused-ring (bicyclic) bond motifs is 12. The van der Waals surface area contributed by atoms with Gasteiger partial charge in [-0.15, -0.1) is 0 Å². The van der Waals surface area contributed by atoms with Crippen molar-refractivity contribution < 1.29 is 0 Å². The number of nitrogens with zero attached hydrogens (tertiary/aromatic N) is 4. The molecule has 1 aliphatic carbocycles. The van der Waals surface area contributed by atoms with Crippen molar-refractivity contribution in [2.45, 2.75) is 19.3 Å². The Morgan fingerprint density at radius 2 is 1.05 bits per heavy atom. The van der Waals surface area contributed by atoms with Crippen LogP contribution in [0.15, 0.2) is 158 Å². The van der Waals surface area contributed by atoms with Gasteiger partial charge in [0, 0.05) is 27.0 Å². The van der Waals surface area contributed by atoms with Gasteiger partial charge in [0.05, 0.1) is 44.6 Å². The van der Waals surface area contributed by atoms with Crippen molar-refractivity contribution in [1.82, 2.24) is 9.13 Å². The van der Waals surface area contributed by atoms with E-state index < -0.39 is 0 Å². The lowest BCUT2D eigenvalue weighted by Gasteiger charge is -2.22. The highest BCUT2D eigenvalue weighted by atomic mass is 15.0. The molecular weight excluding hydrogens is 669 g/mol. The minimum atomic E-state index is -0.221. The molecule has 11 rings (SSSR count). The quantitative estimate of drug-likeness (QED) is 0.184. The van der Waals surface area contributed by atoms with Crippen LogP contribution in [0.5, 0.6) is 0 Å². The molecule has 8 aromatic carbocycles. The third-order valence-electron chi connectivity index (χ3n) is 12.0. The van der Waals surface area contributed by atoms with E-state index in [0.29, 0.717) is 22.5 Å². The number of nitriles is 2. The Morgan fingerprint density at radius 1 is 0.455 bits per heavy atom. The fraction of sp³-hybridized carbons (Fsp3) is 0.0588. The lowest BCUT2D eigenvalue weighted by Crippen LogP contribution is -2.15. The van der Waals surface area contributed by atoms with Crippen molar-refractivity contribution in [1.29, 1.82) is 10.5 Å². The highest BCUT2D eigenvalue weighted by molar-refractivity contribution is 6.22. The molecule has 10 aromatic rings. The van der Waals surface area contributed by atoms with E-state index in [0.717, 1.165) is 60.1 Å². The van der Waals surface area contributed by atoms with Gasteiger partial charge in [0.2, 0.25) is 0 Å². The van der Waals surface area contributed by atoms with Gasteiger partial charge in [0.15, 0.2) is 0 Å². The summed E-state index contributed by atoms with van der Waals surface area (Å²) >= 11 is 0. The number of aromatic nitrogens is 2. The van der Waals surface area contributed by atoms with Gasteiger partial charge in [-0.3, -0.25) is 0 Å². The molecule has 0 radical (unpaired) electrons. The zero-order chi connectivity index (χ0) is 37.0. The summed E-state index contributed by atoms with van der Waals surface area (Å²) in [7, 11) is 0. The monoisotopic (exact) mass is 700 g/mol. The van der Waals surface area contributed by atoms with E-state index in [9.17, 15) is 10.5 Å². The van der Waals surface area contributed by atoms with E-state index in [1.807, 2.05) is 18.2 Å². The standard InChI is InChI=1S/C51H32N4/c1-51(2)41-18-10-8-16-37(41)38-22-25-45-49(50(38)51)39-17-9-11-19-42(39)54(45)46-27-35(30-53)47(28-34(46)29-52)55-43-23-21-33(31-12-4-3-5-13-31)26-40(43)48-36-15-7-6-14-32(36)20-24-44(48)55/h3-28H,1-2H3. The van der Waals surface area contributed by atoms with Gasteiger partial charge in [-0.2, -0.15) is 10.5 Å². The average Bonchev–Trinajstić information content (AvgIpc) is 3.83. The van der Waals surface area contributed by atoms with Gasteiger partial charge in [-0.1, -0.05) is 129 Å². The maximum Gasteiger partial charge on any atom is 0.101 e. The van der Waals surface area contributed by atoms with Crippen molar-refractivity contribution in [2.75, 3.05) is 0 Å². The first-order valence-electron chi connectivity index (χ1n) is 18.6. The number of para-hydroxylation sites is 1. The minimum Gasteiger partial charge on any atom is -0.308 e. The molecule has 0 aliphatic heterocycles. The molecule has 0 amide bonds. The highest BCUT2D eigenvalue weighted by Crippen LogP contribution is 2.53. The third kappa shape index (κ3) is 4.20.